The van der Waals surface area contributed by atoms with E-state index in [1.807, 2.05) is 12.1 Å². The Balaban J connectivity index is 1.57. The molecule has 4 rings (SSSR count). The third-order valence-corrected chi connectivity index (χ3v) is 7.68. The number of benzene rings is 2. The number of fused-ring (bicyclic) bond motifs is 1. The van der Waals surface area contributed by atoms with Crippen LogP contribution in [0.25, 0.3) is 0 Å². The summed E-state index contributed by atoms with van der Waals surface area (Å²) >= 11 is 0. The van der Waals surface area contributed by atoms with Gasteiger partial charge in [-0.1, -0.05) is 6.07 Å². The molecule has 0 aromatic heterocycles. The van der Waals surface area contributed by atoms with Gasteiger partial charge < -0.3 is 14.4 Å². The maximum atomic E-state index is 13.1. The quantitative estimate of drug-likeness (QED) is 0.729. The molecule has 0 unspecified atom stereocenters. The van der Waals surface area contributed by atoms with Crippen LogP contribution in [0.15, 0.2) is 41.3 Å². The van der Waals surface area contributed by atoms with Crippen molar-refractivity contribution in [2.24, 2.45) is 0 Å². The van der Waals surface area contributed by atoms with Crippen LogP contribution in [0.5, 0.6) is 11.5 Å². The Morgan fingerprint density at radius 3 is 2.27 bits per heavy atom. The summed E-state index contributed by atoms with van der Waals surface area (Å²) in [6, 6.07) is 10.2. The summed E-state index contributed by atoms with van der Waals surface area (Å²) in [5.74, 6) is 1.13. The van der Waals surface area contributed by atoms with Gasteiger partial charge in [0.15, 0.2) is 11.5 Å². The van der Waals surface area contributed by atoms with E-state index in [1.54, 1.807) is 37.3 Å². The Kier molecular flexibility index (Phi) is 5.71. The highest BCUT2D eigenvalue weighted by Gasteiger charge is 2.29. The monoisotopic (exact) mass is 430 g/mol. The fourth-order valence-electron chi connectivity index (χ4n) is 4.11. The largest absolute Gasteiger partial charge is 0.493 e. The number of sulfonamides is 1. The van der Waals surface area contributed by atoms with Crippen molar-refractivity contribution in [1.29, 1.82) is 0 Å². The van der Waals surface area contributed by atoms with Crippen molar-refractivity contribution in [3.63, 3.8) is 0 Å². The SMILES string of the molecule is COc1cc2c(cc1OC)CN(C(=O)c1cccc(S(=O)(=O)N3CCCC3)c1)CC2. The number of hydrogen-bond acceptors (Lipinski definition) is 5. The van der Waals surface area contributed by atoms with Crippen molar-refractivity contribution in [2.75, 3.05) is 33.9 Å². The molecule has 8 heteroatoms. The first-order chi connectivity index (χ1) is 14.4. The lowest BCUT2D eigenvalue weighted by Crippen LogP contribution is -2.36. The predicted octanol–water partition coefficient (Wildman–Crippen LogP) is 2.69. The van der Waals surface area contributed by atoms with E-state index in [0.29, 0.717) is 49.7 Å². The number of rotatable bonds is 5. The topological polar surface area (TPSA) is 76.1 Å². The van der Waals surface area contributed by atoms with Gasteiger partial charge in [-0.15, -0.1) is 0 Å². The third kappa shape index (κ3) is 3.77. The van der Waals surface area contributed by atoms with Crippen molar-refractivity contribution in [2.45, 2.75) is 30.7 Å². The van der Waals surface area contributed by atoms with Crippen LogP contribution in [0.2, 0.25) is 0 Å². The van der Waals surface area contributed by atoms with Crippen LogP contribution >= 0.6 is 0 Å². The summed E-state index contributed by atoms with van der Waals surface area (Å²) in [5.41, 5.74) is 2.52. The van der Waals surface area contributed by atoms with Crippen molar-refractivity contribution >= 4 is 15.9 Å². The molecule has 2 heterocycles. The van der Waals surface area contributed by atoms with Gasteiger partial charge in [0, 0.05) is 31.7 Å². The smallest absolute Gasteiger partial charge is 0.254 e. The molecule has 160 valence electrons. The van der Waals surface area contributed by atoms with Gasteiger partial charge in [-0.3, -0.25) is 4.79 Å². The molecule has 2 aromatic carbocycles. The van der Waals surface area contributed by atoms with E-state index in [4.69, 9.17) is 9.47 Å². The van der Waals surface area contributed by atoms with E-state index in [9.17, 15) is 13.2 Å². The lowest BCUT2D eigenvalue weighted by Gasteiger charge is -2.30. The number of hydrogen-bond donors (Lipinski definition) is 0. The Bertz CT molecular complexity index is 1060. The van der Waals surface area contributed by atoms with E-state index in [-0.39, 0.29) is 10.8 Å². The summed E-state index contributed by atoms with van der Waals surface area (Å²) in [7, 11) is -0.370. The second-order valence-electron chi connectivity index (χ2n) is 7.59. The van der Waals surface area contributed by atoms with Crippen molar-refractivity contribution in [1.82, 2.24) is 9.21 Å². The molecule has 0 saturated carbocycles. The molecule has 2 aliphatic heterocycles. The zero-order valence-corrected chi connectivity index (χ0v) is 18.1. The van der Waals surface area contributed by atoms with Crippen LogP contribution in [0.3, 0.4) is 0 Å². The zero-order chi connectivity index (χ0) is 21.3. The van der Waals surface area contributed by atoms with Gasteiger partial charge in [0.1, 0.15) is 0 Å². The molecule has 1 amide bonds. The molecular weight excluding hydrogens is 404 g/mol. The fraction of sp³-hybridized carbons (Fsp3) is 0.409. The van der Waals surface area contributed by atoms with Crippen LogP contribution in [-0.2, 0) is 23.0 Å². The van der Waals surface area contributed by atoms with Gasteiger partial charge in [0.25, 0.3) is 5.91 Å². The number of nitrogens with zero attached hydrogens (tertiary/aromatic N) is 2. The number of methoxy groups -OCH3 is 2. The van der Waals surface area contributed by atoms with E-state index in [0.717, 1.165) is 24.0 Å². The molecule has 30 heavy (non-hydrogen) atoms. The van der Waals surface area contributed by atoms with Gasteiger partial charge in [-0.05, 0) is 60.7 Å². The van der Waals surface area contributed by atoms with Gasteiger partial charge in [0.2, 0.25) is 10.0 Å². The summed E-state index contributed by atoms with van der Waals surface area (Å²) in [5, 5.41) is 0. The third-order valence-electron chi connectivity index (χ3n) is 5.79. The van der Waals surface area contributed by atoms with Crippen LogP contribution in [-0.4, -0.2) is 57.4 Å². The van der Waals surface area contributed by atoms with Crippen LogP contribution < -0.4 is 9.47 Å². The standard InChI is InChI=1S/C22H26N2O5S/c1-28-20-13-16-8-11-23(15-18(16)14-21(20)29-2)22(25)17-6-5-7-19(12-17)30(26,27)24-9-3-4-10-24/h5-7,12-14H,3-4,8-11,15H2,1-2H3. The summed E-state index contributed by atoms with van der Waals surface area (Å²) < 4.78 is 38.0. The molecule has 0 radical (unpaired) electrons. The molecule has 0 N–H and O–H groups in total. The van der Waals surface area contributed by atoms with Crippen molar-refractivity contribution in [3.8, 4) is 11.5 Å². The predicted molar refractivity (Wildman–Crippen MR) is 112 cm³/mol. The highest BCUT2D eigenvalue weighted by atomic mass is 32.2. The molecule has 0 aliphatic carbocycles. The Morgan fingerprint density at radius 1 is 0.933 bits per heavy atom. The molecular formula is C22H26N2O5S. The van der Waals surface area contributed by atoms with Crippen molar-refractivity contribution in [3.05, 3.63) is 53.1 Å². The average molecular weight is 431 g/mol. The first-order valence-corrected chi connectivity index (χ1v) is 11.5. The van der Waals surface area contributed by atoms with Crippen molar-refractivity contribution < 1.29 is 22.7 Å². The molecule has 2 aliphatic rings. The first-order valence-electron chi connectivity index (χ1n) is 10.1. The van der Waals surface area contributed by atoms with E-state index < -0.39 is 10.0 Å². The lowest BCUT2D eigenvalue weighted by molar-refractivity contribution is 0.0734. The molecule has 7 nitrogen and oxygen atoms in total. The number of amides is 1. The normalized spacial score (nSPS) is 16.9. The Labute approximate surface area is 177 Å². The van der Waals surface area contributed by atoms with Crippen LogP contribution in [0.1, 0.15) is 34.3 Å². The Hall–Kier alpha value is -2.58. The summed E-state index contributed by atoms with van der Waals surface area (Å²) in [6.45, 7) is 2.07. The fourth-order valence-corrected chi connectivity index (χ4v) is 5.67. The van der Waals surface area contributed by atoms with E-state index in [2.05, 4.69) is 0 Å². The molecule has 0 spiro atoms. The highest BCUT2D eigenvalue weighted by Crippen LogP contribution is 2.33. The molecule has 1 saturated heterocycles. The molecule has 0 bridgehead atoms. The second-order valence-corrected chi connectivity index (χ2v) is 9.53. The summed E-state index contributed by atoms with van der Waals surface area (Å²) in [4.78, 5) is 15.1. The minimum atomic E-state index is -3.56. The first kappa shape index (κ1) is 20.7. The molecule has 0 atom stereocenters. The van der Waals surface area contributed by atoms with Gasteiger partial charge in [-0.2, -0.15) is 4.31 Å². The minimum Gasteiger partial charge on any atom is -0.493 e. The van der Waals surface area contributed by atoms with Crippen LogP contribution in [0.4, 0.5) is 0 Å². The second kappa shape index (κ2) is 8.28. The highest BCUT2D eigenvalue weighted by molar-refractivity contribution is 7.89. The number of carbonyl (C=O) groups is 1. The molecule has 1 fully saturated rings. The maximum absolute atomic E-state index is 13.1. The van der Waals surface area contributed by atoms with Gasteiger partial charge in [0.05, 0.1) is 19.1 Å². The average Bonchev–Trinajstić information content (AvgIpc) is 3.33. The van der Waals surface area contributed by atoms with E-state index >= 15 is 0 Å². The minimum absolute atomic E-state index is 0.172. The van der Waals surface area contributed by atoms with E-state index in [1.165, 1.54) is 10.4 Å². The van der Waals surface area contributed by atoms with Gasteiger partial charge >= 0.3 is 0 Å². The lowest BCUT2D eigenvalue weighted by atomic mass is 9.98. The number of carbonyl (C=O) groups excluding carboxylic acids is 1. The summed E-state index contributed by atoms with van der Waals surface area (Å²) in [6.07, 6.45) is 2.45. The zero-order valence-electron chi connectivity index (χ0n) is 17.3. The van der Waals surface area contributed by atoms with Crippen LogP contribution in [0, 0.1) is 0 Å². The van der Waals surface area contributed by atoms with Gasteiger partial charge in [-0.25, -0.2) is 8.42 Å². The Morgan fingerprint density at radius 2 is 1.60 bits per heavy atom. The number of ether oxygens (including phenoxy) is 2. The maximum Gasteiger partial charge on any atom is 0.254 e. The molecule has 2 aromatic rings.